The van der Waals surface area contributed by atoms with Gasteiger partial charge in [-0.25, -0.2) is 0 Å². The number of rotatable bonds is 5. The van der Waals surface area contributed by atoms with Crippen LogP contribution in [0.25, 0.3) is 22.5 Å². The van der Waals surface area contributed by atoms with Gasteiger partial charge in [-0.3, -0.25) is 4.68 Å². The first-order valence-corrected chi connectivity index (χ1v) is 7.90. The molecule has 7 nitrogen and oxygen atoms in total. The summed E-state index contributed by atoms with van der Waals surface area (Å²) < 4.78 is 12.4. The molecular weight excluding hydrogens is 318 g/mol. The Kier molecular flexibility index (Phi) is 3.91. The maximum absolute atomic E-state index is 5.56. The first-order valence-electron chi connectivity index (χ1n) is 7.90. The van der Waals surface area contributed by atoms with Gasteiger partial charge in [0.2, 0.25) is 0 Å². The molecule has 0 radical (unpaired) electrons. The normalized spacial score (nSPS) is 11.1. The van der Waals surface area contributed by atoms with Crippen LogP contribution in [-0.2, 0) is 13.1 Å². The van der Waals surface area contributed by atoms with E-state index in [-0.39, 0.29) is 6.54 Å². The van der Waals surface area contributed by atoms with Crippen molar-refractivity contribution in [3.05, 3.63) is 59.9 Å². The molecule has 0 atom stereocenters. The van der Waals surface area contributed by atoms with Crippen LogP contribution in [0.4, 0.5) is 0 Å². The maximum atomic E-state index is 5.56. The van der Waals surface area contributed by atoms with Crippen LogP contribution in [0.2, 0.25) is 0 Å². The van der Waals surface area contributed by atoms with E-state index in [0.29, 0.717) is 24.0 Å². The molecule has 0 bridgehead atoms. The fourth-order valence-corrected chi connectivity index (χ4v) is 2.74. The molecule has 4 rings (SSSR count). The van der Waals surface area contributed by atoms with Crippen LogP contribution in [0.5, 0.6) is 5.75 Å². The lowest BCUT2D eigenvalue weighted by Gasteiger charge is -2.05. The van der Waals surface area contributed by atoms with Gasteiger partial charge in [0.1, 0.15) is 5.75 Å². The number of aromatic nitrogens is 4. The molecule has 25 heavy (non-hydrogen) atoms. The molecule has 7 heteroatoms. The number of hydrogen-bond acceptors (Lipinski definition) is 6. The third-order valence-corrected chi connectivity index (χ3v) is 4.00. The Bertz CT molecular complexity index is 1000. The molecule has 2 aromatic carbocycles. The molecule has 0 aliphatic heterocycles. The number of nitrogens with two attached hydrogens (primary N) is 1. The van der Waals surface area contributed by atoms with Gasteiger partial charge in [-0.05, 0) is 23.8 Å². The molecule has 0 aliphatic carbocycles. The van der Waals surface area contributed by atoms with Crippen molar-refractivity contribution in [1.29, 1.82) is 0 Å². The Morgan fingerprint density at radius 2 is 1.92 bits per heavy atom. The lowest BCUT2D eigenvalue weighted by atomic mass is 10.2. The zero-order valence-corrected chi connectivity index (χ0v) is 13.7. The maximum Gasteiger partial charge on any atom is 0.279 e. The molecular formula is C18H17N5O2. The fraction of sp³-hybridized carbons (Fsp3) is 0.167. The molecule has 4 aromatic rings. The van der Waals surface area contributed by atoms with E-state index >= 15 is 0 Å². The molecule has 0 saturated carbocycles. The predicted octanol–water partition coefficient (Wildman–Crippen LogP) is 2.60. The first-order chi connectivity index (χ1) is 12.3. The van der Waals surface area contributed by atoms with Crippen molar-refractivity contribution < 1.29 is 9.26 Å². The van der Waals surface area contributed by atoms with E-state index in [2.05, 4.69) is 10.1 Å². The van der Waals surface area contributed by atoms with Crippen molar-refractivity contribution in [2.45, 2.75) is 13.1 Å². The van der Waals surface area contributed by atoms with Crippen LogP contribution in [0.3, 0.4) is 0 Å². The lowest BCUT2D eigenvalue weighted by molar-refractivity contribution is 0.414. The molecule has 126 valence electrons. The van der Waals surface area contributed by atoms with Gasteiger partial charge in [-0.2, -0.15) is 10.1 Å². The van der Waals surface area contributed by atoms with E-state index in [1.807, 2.05) is 53.2 Å². The van der Waals surface area contributed by atoms with E-state index in [0.717, 1.165) is 22.2 Å². The molecule has 2 heterocycles. The zero-order valence-electron chi connectivity index (χ0n) is 13.7. The van der Waals surface area contributed by atoms with Crippen LogP contribution in [0.1, 0.15) is 11.4 Å². The van der Waals surface area contributed by atoms with Gasteiger partial charge < -0.3 is 15.0 Å². The number of fused-ring (bicyclic) bond motifs is 1. The number of hydrogen-bond donors (Lipinski definition) is 1. The quantitative estimate of drug-likeness (QED) is 0.603. The molecule has 0 amide bonds. The summed E-state index contributed by atoms with van der Waals surface area (Å²) >= 11 is 0. The highest BCUT2D eigenvalue weighted by Crippen LogP contribution is 2.27. The Balaban J connectivity index is 1.76. The van der Waals surface area contributed by atoms with E-state index < -0.39 is 0 Å². The average Bonchev–Trinajstić information content (AvgIpc) is 3.27. The molecule has 0 spiro atoms. The molecule has 2 N–H and O–H groups in total. The summed E-state index contributed by atoms with van der Waals surface area (Å²) in [6.07, 6.45) is 0. The summed E-state index contributed by atoms with van der Waals surface area (Å²) in [5.41, 5.74) is 8.35. The Labute approximate surface area is 144 Å². The summed E-state index contributed by atoms with van der Waals surface area (Å²) in [6, 6.07) is 15.9. The first kappa shape index (κ1) is 15.3. The van der Waals surface area contributed by atoms with Crippen molar-refractivity contribution in [2.75, 3.05) is 7.11 Å². The second-order valence-electron chi connectivity index (χ2n) is 5.59. The summed E-state index contributed by atoms with van der Waals surface area (Å²) in [4.78, 5) is 4.30. The van der Waals surface area contributed by atoms with E-state index in [9.17, 15) is 0 Å². The van der Waals surface area contributed by atoms with E-state index in [1.54, 1.807) is 7.11 Å². The highest BCUT2D eigenvalue weighted by Gasteiger charge is 2.17. The topological polar surface area (TPSA) is 92.0 Å². The van der Waals surface area contributed by atoms with Crippen LogP contribution in [-0.4, -0.2) is 27.0 Å². The summed E-state index contributed by atoms with van der Waals surface area (Å²) in [5, 5.41) is 9.51. The predicted molar refractivity (Wildman–Crippen MR) is 93.0 cm³/mol. The van der Waals surface area contributed by atoms with Gasteiger partial charge >= 0.3 is 0 Å². The lowest BCUT2D eigenvalue weighted by Crippen LogP contribution is -2.02. The minimum atomic E-state index is 0.230. The third-order valence-electron chi connectivity index (χ3n) is 4.00. The van der Waals surface area contributed by atoms with Gasteiger partial charge in [-0.1, -0.05) is 35.5 Å². The third kappa shape index (κ3) is 2.85. The SMILES string of the molecule is COc1ccc(Cn2nc(-c3nc(CN)no3)c3ccccc32)cc1. The molecule has 2 aromatic heterocycles. The minimum Gasteiger partial charge on any atom is -0.497 e. The van der Waals surface area contributed by atoms with Crippen LogP contribution in [0.15, 0.2) is 53.1 Å². The highest BCUT2D eigenvalue weighted by atomic mass is 16.5. The van der Waals surface area contributed by atoms with Crippen molar-refractivity contribution in [2.24, 2.45) is 5.73 Å². The smallest absolute Gasteiger partial charge is 0.279 e. The number of benzene rings is 2. The van der Waals surface area contributed by atoms with Gasteiger partial charge in [0.25, 0.3) is 5.89 Å². The fourth-order valence-electron chi connectivity index (χ4n) is 2.74. The van der Waals surface area contributed by atoms with Crippen molar-refractivity contribution in [3.63, 3.8) is 0 Å². The largest absolute Gasteiger partial charge is 0.497 e. The van der Waals surface area contributed by atoms with Crippen LogP contribution >= 0.6 is 0 Å². The Morgan fingerprint density at radius 3 is 2.64 bits per heavy atom. The van der Waals surface area contributed by atoms with Gasteiger partial charge in [0, 0.05) is 5.39 Å². The van der Waals surface area contributed by atoms with E-state index in [1.165, 1.54) is 0 Å². The van der Waals surface area contributed by atoms with Gasteiger partial charge in [0.05, 0.1) is 25.7 Å². The van der Waals surface area contributed by atoms with Crippen LogP contribution in [0, 0.1) is 0 Å². The number of ether oxygens (including phenoxy) is 1. The highest BCUT2D eigenvalue weighted by molar-refractivity contribution is 5.91. The summed E-state index contributed by atoms with van der Waals surface area (Å²) in [6.45, 7) is 0.858. The Hall–Kier alpha value is -3.19. The molecule has 0 unspecified atom stereocenters. The van der Waals surface area contributed by atoms with Crippen molar-refractivity contribution in [1.82, 2.24) is 19.9 Å². The molecule has 0 aliphatic rings. The second kappa shape index (κ2) is 6.37. The standard InChI is InChI=1S/C18H17N5O2/c1-24-13-8-6-12(7-9-13)11-23-15-5-3-2-4-14(15)17(21-23)18-20-16(10-19)22-25-18/h2-9H,10-11,19H2,1H3. The van der Waals surface area contributed by atoms with Crippen LogP contribution < -0.4 is 10.5 Å². The summed E-state index contributed by atoms with van der Waals surface area (Å²) in [7, 11) is 1.66. The van der Waals surface area contributed by atoms with E-state index in [4.69, 9.17) is 20.1 Å². The number of nitrogens with zero attached hydrogens (tertiary/aromatic N) is 4. The van der Waals surface area contributed by atoms with Crippen molar-refractivity contribution in [3.8, 4) is 17.3 Å². The van der Waals surface area contributed by atoms with Gasteiger partial charge in [0.15, 0.2) is 11.5 Å². The molecule has 0 fully saturated rings. The van der Waals surface area contributed by atoms with Gasteiger partial charge in [-0.15, -0.1) is 0 Å². The second-order valence-corrected chi connectivity index (χ2v) is 5.59. The number of methoxy groups -OCH3 is 1. The average molecular weight is 335 g/mol. The zero-order chi connectivity index (χ0) is 17.2. The monoisotopic (exact) mass is 335 g/mol. The minimum absolute atomic E-state index is 0.230. The van der Waals surface area contributed by atoms with Crippen molar-refractivity contribution >= 4 is 10.9 Å². The Morgan fingerprint density at radius 1 is 1.12 bits per heavy atom. The number of para-hydroxylation sites is 1. The molecule has 0 saturated heterocycles. The summed E-state index contributed by atoms with van der Waals surface area (Å²) in [5.74, 6) is 1.67.